The maximum absolute atomic E-state index is 4.03. The first-order valence-corrected chi connectivity index (χ1v) is 8.21. The summed E-state index contributed by atoms with van der Waals surface area (Å²) < 4.78 is 2.01. The topological polar surface area (TPSA) is 17.8 Å². The van der Waals surface area contributed by atoms with Gasteiger partial charge in [-0.15, -0.1) is 41.1 Å². The number of hydrogen-bond donors (Lipinski definition) is 0. The Morgan fingerprint density at radius 1 is 1.08 bits per heavy atom. The molecule has 0 amide bonds. The number of unbranched alkanes of at least 4 members (excludes halogenated alkanes) is 1. The summed E-state index contributed by atoms with van der Waals surface area (Å²) in [6.45, 7) is 2.23. The molecule has 0 spiro atoms. The van der Waals surface area contributed by atoms with Crippen molar-refractivity contribution in [2.75, 3.05) is 0 Å². The quantitative estimate of drug-likeness (QED) is 0.373. The van der Waals surface area contributed by atoms with Crippen LogP contribution in [0, 0.1) is 0 Å². The van der Waals surface area contributed by atoms with Gasteiger partial charge in [0.25, 0.3) is 0 Å². The Morgan fingerprint density at radius 3 is 2.42 bits per heavy atom. The van der Waals surface area contributed by atoms with Crippen LogP contribution in [0.3, 0.4) is 0 Å². The Bertz CT molecular complexity index is 788. The van der Waals surface area contributed by atoms with Gasteiger partial charge in [0.15, 0.2) is 0 Å². The van der Waals surface area contributed by atoms with E-state index < -0.39 is 0 Å². The van der Waals surface area contributed by atoms with E-state index in [9.17, 15) is 0 Å². The first kappa shape index (κ1) is 24.9. The van der Waals surface area contributed by atoms with Crippen LogP contribution in [0.4, 0.5) is 0 Å². The van der Waals surface area contributed by atoms with E-state index in [1.165, 1.54) is 41.3 Å². The van der Waals surface area contributed by atoms with E-state index in [-0.39, 0.29) is 51.0 Å². The second kappa shape index (κ2) is 13.1. The van der Waals surface area contributed by atoms with Crippen LogP contribution < -0.4 is 24.8 Å². The zero-order chi connectivity index (χ0) is 15.9. The minimum atomic E-state index is 0. The summed E-state index contributed by atoms with van der Waals surface area (Å²) in [5.41, 5.74) is 2.65. The average Bonchev–Trinajstić information content (AvgIpc) is 3.34. The molecule has 0 bridgehead atoms. The molecule has 0 aliphatic carbocycles. The minimum absolute atomic E-state index is 0. The normalized spacial score (nSPS) is 9.27. The molecule has 0 aliphatic rings. The van der Waals surface area contributed by atoms with Gasteiger partial charge in [-0.2, -0.15) is 17.7 Å². The second-order valence-corrected chi connectivity index (χ2v) is 5.71. The van der Waals surface area contributed by atoms with Crippen molar-refractivity contribution in [1.82, 2.24) is 9.55 Å². The van der Waals surface area contributed by atoms with Gasteiger partial charge < -0.3 is 29.4 Å². The van der Waals surface area contributed by atoms with Crippen LogP contribution in [0.2, 0.25) is 0 Å². The number of aryl methyl sites for hydroxylation is 1. The van der Waals surface area contributed by atoms with Crippen molar-refractivity contribution in [2.45, 2.75) is 26.2 Å². The van der Waals surface area contributed by atoms with Gasteiger partial charge in [-0.1, -0.05) is 32.3 Å². The van der Waals surface area contributed by atoms with Crippen LogP contribution in [0.25, 0.3) is 16.5 Å². The number of hydrogen-bond acceptors (Lipinski definition) is 1. The van der Waals surface area contributed by atoms with Crippen molar-refractivity contribution in [3.63, 3.8) is 0 Å². The molecule has 1 aromatic heterocycles. The molecule has 0 N–H and O–H groups in total. The summed E-state index contributed by atoms with van der Waals surface area (Å²) in [7, 11) is 0. The van der Waals surface area contributed by atoms with Crippen LogP contribution >= 0.6 is 0 Å². The Labute approximate surface area is 187 Å². The van der Waals surface area contributed by atoms with E-state index in [0.717, 1.165) is 0 Å². The molecule has 2 nitrogen and oxygen atoms in total. The molecule has 26 heavy (non-hydrogen) atoms. The number of halogens is 2. The van der Waals surface area contributed by atoms with Gasteiger partial charge in [-0.05, 0) is 5.69 Å². The van der Waals surface area contributed by atoms with E-state index in [1.807, 2.05) is 17.1 Å². The largest absolute Gasteiger partial charge is 4.00 e. The van der Waals surface area contributed by atoms with Gasteiger partial charge in [0.2, 0.25) is 0 Å². The van der Waals surface area contributed by atoms with E-state index in [1.54, 1.807) is 6.20 Å². The fraction of sp³-hybridized carbons (Fsp3) is 0.190. The third-order valence-corrected chi connectivity index (χ3v) is 3.96. The Kier molecular flexibility index (Phi) is 12.5. The smallest absolute Gasteiger partial charge is 1.00 e. The molecule has 0 atom stereocenters. The van der Waals surface area contributed by atoms with Crippen LogP contribution in [-0.2, 0) is 32.6 Å². The summed E-state index contributed by atoms with van der Waals surface area (Å²) in [6, 6.07) is 21.3. The maximum Gasteiger partial charge on any atom is 4.00 e. The number of benzene rings is 1. The summed E-state index contributed by atoms with van der Waals surface area (Å²) >= 11 is 0. The monoisotopic (exact) mass is 462 g/mol. The molecule has 0 saturated carbocycles. The Hall–Kier alpha value is -1.15. The predicted octanol–water partition coefficient (Wildman–Crippen LogP) is -0.502. The standard InChI is InChI=1S/C12H9N2.C9H13.2ClH.Zr/c1-2-4-11-8-12(7-10(11)3-1)14-6-5-13-9-14;1-2-3-6-9-7-4-5-8-9;;;/h1-9H;4-5,7-8H,2-3,6H2,1H3;2*1H;/q2*-1;;;+4/p-2. The van der Waals surface area contributed by atoms with Crippen molar-refractivity contribution in [1.29, 1.82) is 0 Å². The van der Waals surface area contributed by atoms with Crippen molar-refractivity contribution in [2.24, 2.45) is 0 Å². The summed E-state index contributed by atoms with van der Waals surface area (Å²) in [5.74, 6) is 0. The zero-order valence-corrected chi connectivity index (χ0v) is 18.7. The van der Waals surface area contributed by atoms with E-state index >= 15 is 0 Å². The van der Waals surface area contributed by atoms with Crippen LogP contribution in [0.1, 0.15) is 25.3 Å². The van der Waals surface area contributed by atoms with E-state index in [2.05, 4.69) is 72.6 Å². The van der Waals surface area contributed by atoms with E-state index in [4.69, 9.17) is 0 Å². The van der Waals surface area contributed by atoms with Crippen LogP contribution in [0.15, 0.2) is 79.4 Å². The summed E-state index contributed by atoms with van der Waals surface area (Å²) in [6.07, 6.45) is 9.43. The average molecular weight is 465 g/mol. The van der Waals surface area contributed by atoms with Gasteiger partial charge in [0.05, 0.1) is 6.33 Å². The molecule has 4 rings (SSSR count). The third kappa shape index (κ3) is 6.87. The first-order valence-electron chi connectivity index (χ1n) is 8.21. The molecule has 4 aromatic rings. The summed E-state index contributed by atoms with van der Waals surface area (Å²) in [5, 5.41) is 2.55. The SMILES string of the molecule is CCCC[c-]1cccc1.[Cl-].[Cl-].[Zr+4].c1ccc2[cH-]c(-n3ccnc3)cc2c1. The predicted molar refractivity (Wildman–Crippen MR) is 97.3 cm³/mol. The fourth-order valence-electron chi connectivity index (χ4n) is 2.66. The third-order valence-electron chi connectivity index (χ3n) is 3.96. The van der Waals surface area contributed by atoms with Gasteiger partial charge in [-0.3, -0.25) is 0 Å². The number of rotatable bonds is 4. The van der Waals surface area contributed by atoms with Gasteiger partial charge in [0.1, 0.15) is 0 Å². The first-order chi connectivity index (χ1) is 11.4. The number of imidazole rings is 1. The maximum atomic E-state index is 4.03. The molecular formula is C21H22Cl2N2Zr. The Balaban J connectivity index is 0.000000466. The number of aromatic nitrogens is 2. The molecule has 0 unspecified atom stereocenters. The van der Waals surface area contributed by atoms with Gasteiger partial charge in [0, 0.05) is 12.4 Å². The molecule has 3 aromatic carbocycles. The van der Waals surface area contributed by atoms with Crippen molar-refractivity contribution >= 4 is 10.8 Å². The van der Waals surface area contributed by atoms with Crippen molar-refractivity contribution < 1.29 is 51.0 Å². The molecule has 0 fully saturated rings. The van der Waals surface area contributed by atoms with Gasteiger partial charge in [-0.25, -0.2) is 17.1 Å². The number of nitrogens with zero attached hydrogens (tertiary/aromatic N) is 2. The molecule has 0 aliphatic heterocycles. The van der Waals surface area contributed by atoms with Crippen LogP contribution in [0.5, 0.6) is 0 Å². The van der Waals surface area contributed by atoms with Crippen molar-refractivity contribution in [3.05, 3.63) is 84.9 Å². The molecule has 5 heteroatoms. The molecule has 134 valence electrons. The molecule has 1 heterocycles. The second-order valence-electron chi connectivity index (χ2n) is 5.71. The molecule has 0 radical (unpaired) electrons. The van der Waals surface area contributed by atoms with Gasteiger partial charge >= 0.3 is 26.2 Å². The van der Waals surface area contributed by atoms with E-state index in [0.29, 0.717) is 0 Å². The Morgan fingerprint density at radius 2 is 1.81 bits per heavy atom. The molecule has 0 saturated heterocycles. The van der Waals surface area contributed by atoms with Crippen LogP contribution in [-0.4, -0.2) is 9.55 Å². The minimum Gasteiger partial charge on any atom is -1.00 e. The zero-order valence-electron chi connectivity index (χ0n) is 14.8. The summed E-state index contributed by atoms with van der Waals surface area (Å²) in [4.78, 5) is 4.03. The fourth-order valence-corrected chi connectivity index (χ4v) is 2.66. The van der Waals surface area contributed by atoms with Crippen molar-refractivity contribution in [3.8, 4) is 5.69 Å². The number of fused-ring (bicyclic) bond motifs is 1. The molecular weight excluding hydrogens is 442 g/mol.